The quantitative estimate of drug-likeness (QED) is 0.754. The number of hydrogen-bond donors (Lipinski definition) is 1. The summed E-state index contributed by atoms with van der Waals surface area (Å²) in [6.45, 7) is 3.91. The molecule has 0 radical (unpaired) electrons. The first-order valence-corrected chi connectivity index (χ1v) is 11.2. The molecule has 0 unspecified atom stereocenters. The van der Waals surface area contributed by atoms with Gasteiger partial charge in [0.1, 0.15) is 11.9 Å². The summed E-state index contributed by atoms with van der Waals surface area (Å²) in [5, 5.41) is 12.3. The lowest BCUT2D eigenvalue weighted by atomic mass is 9.60. The summed E-state index contributed by atoms with van der Waals surface area (Å²) in [4.78, 5) is 19.2. The zero-order chi connectivity index (χ0) is 22.3. The van der Waals surface area contributed by atoms with E-state index in [2.05, 4.69) is 21.3 Å². The van der Waals surface area contributed by atoms with Crippen LogP contribution < -0.4 is 19.7 Å². The Morgan fingerprint density at radius 2 is 2.00 bits per heavy atom. The zero-order valence-electron chi connectivity index (χ0n) is 18.5. The minimum atomic E-state index is 0.0307. The van der Waals surface area contributed by atoms with Gasteiger partial charge in [0.2, 0.25) is 5.91 Å². The highest BCUT2D eigenvalue weighted by Crippen LogP contribution is 2.49. The first-order chi connectivity index (χ1) is 15.5. The van der Waals surface area contributed by atoms with Gasteiger partial charge in [-0.1, -0.05) is 6.07 Å². The van der Waals surface area contributed by atoms with Crippen LogP contribution in [0.3, 0.4) is 0 Å². The monoisotopic (exact) mass is 432 g/mol. The minimum absolute atomic E-state index is 0.0307. The van der Waals surface area contributed by atoms with Crippen molar-refractivity contribution < 1.29 is 14.3 Å². The van der Waals surface area contributed by atoms with E-state index in [4.69, 9.17) is 14.7 Å². The van der Waals surface area contributed by atoms with Gasteiger partial charge in [-0.2, -0.15) is 5.26 Å². The van der Waals surface area contributed by atoms with Crippen molar-refractivity contribution in [3.05, 3.63) is 47.7 Å². The normalized spacial score (nSPS) is 23.3. The topological polar surface area (TPSA) is 87.5 Å². The number of carbonyl (C=O) groups excluding carboxylic acids is 1. The standard InChI is InChI=1S/C25H28N4O3/c1-16-3-4-21(31-2)22(7-16)32-20-9-18(10-20)24(30)28-19-11-25(12-19)14-29(15-25)23-8-17(13-26)5-6-27-23/h3-8,18-20H,9-12,14-15H2,1-2H3,(H,28,30). The fraction of sp³-hybridized carbons (Fsp3) is 0.480. The number of rotatable bonds is 6. The average molecular weight is 433 g/mol. The van der Waals surface area contributed by atoms with Gasteiger partial charge in [-0.05, 0) is 62.4 Å². The van der Waals surface area contributed by atoms with Gasteiger partial charge in [-0.15, -0.1) is 0 Å². The van der Waals surface area contributed by atoms with Crippen LogP contribution in [0.1, 0.15) is 36.8 Å². The fourth-order valence-corrected chi connectivity index (χ4v) is 5.18. The Balaban J connectivity index is 1.04. The van der Waals surface area contributed by atoms with Crippen molar-refractivity contribution in [2.75, 3.05) is 25.1 Å². The molecule has 2 heterocycles. The van der Waals surface area contributed by atoms with Crippen molar-refractivity contribution >= 4 is 11.7 Å². The predicted molar refractivity (Wildman–Crippen MR) is 120 cm³/mol. The summed E-state index contributed by atoms with van der Waals surface area (Å²) in [5.74, 6) is 2.53. The Labute approximate surface area is 188 Å². The van der Waals surface area contributed by atoms with Gasteiger partial charge in [0.15, 0.2) is 11.5 Å². The number of carbonyl (C=O) groups is 1. The van der Waals surface area contributed by atoms with Gasteiger partial charge >= 0.3 is 0 Å². The van der Waals surface area contributed by atoms with Gasteiger partial charge in [0.05, 0.1) is 18.7 Å². The Morgan fingerprint density at radius 3 is 2.72 bits per heavy atom. The molecule has 1 spiro atoms. The van der Waals surface area contributed by atoms with E-state index in [9.17, 15) is 4.79 Å². The third-order valence-electron chi connectivity index (χ3n) is 7.03. The van der Waals surface area contributed by atoms with E-state index < -0.39 is 0 Å². The summed E-state index contributed by atoms with van der Waals surface area (Å²) in [7, 11) is 1.64. The number of aryl methyl sites for hydroxylation is 1. The number of nitrogens with one attached hydrogen (secondary N) is 1. The van der Waals surface area contributed by atoms with Crippen LogP contribution in [0.4, 0.5) is 5.82 Å². The first kappa shape index (κ1) is 20.6. The Morgan fingerprint density at radius 1 is 1.22 bits per heavy atom. The molecule has 32 heavy (non-hydrogen) atoms. The summed E-state index contributed by atoms with van der Waals surface area (Å²) < 4.78 is 11.4. The molecule has 1 saturated heterocycles. The van der Waals surface area contributed by atoms with Crippen LogP contribution in [-0.2, 0) is 4.79 Å². The van der Waals surface area contributed by atoms with Crippen LogP contribution in [0, 0.1) is 29.6 Å². The molecular weight excluding hydrogens is 404 g/mol. The summed E-state index contributed by atoms with van der Waals surface area (Å²) >= 11 is 0. The molecule has 0 bridgehead atoms. The van der Waals surface area contributed by atoms with Crippen molar-refractivity contribution in [1.82, 2.24) is 10.3 Å². The highest BCUT2D eigenvalue weighted by atomic mass is 16.5. The molecule has 1 amide bonds. The van der Waals surface area contributed by atoms with Gasteiger partial charge in [-0.3, -0.25) is 4.79 Å². The number of nitrogens with zero attached hydrogens (tertiary/aromatic N) is 3. The predicted octanol–water partition coefficient (Wildman–Crippen LogP) is 3.21. The number of benzene rings is 1. The second-order valence-corrected chi connectivity index (χ2v) is 9.55. The third kappa shape index (κ3) is 3.86. The van der Waals surface area contributed by atoms with Gasteiger partial charge < -0.3 is 19.7 Å². The molecule has 7 nitrogen and oxygen atoms in total. The molecule has 7 heteroatoms. The molecule has 0 atom stereocenters. The van der Waals surface area contributed by atoms with E-state index in [1.807, 2.05) is 31.2 Å². The summed E-state index contributed by atoms with van der Waals surface area (Å²) in [6.07, 6.45) is 5.27. The Hall–Kier alpha value is -3.27. The zero-order valence-corrected chi connectivity index (χ0v) is 18.5. The average Bonchev–Trinajstić information content (AvgIpc) is 2.71. The van der Waals surface area contributed by atoms with Crippen LogP contribution in [-0.4, -0.2) is 43.2 Å². The van der Waals surface area contributed by atoms with Crippen molar-refractivity contribution in [3.8, 4) is 17.6 Å². The number of ether oxygens (including phenoxy) is 2. The number of aromatic nitrogens is 1. The van der Waals surface area contributed by atoms with Crippen molar-refractivity contribution in [3.63, 3.8) is 0 Å². The Bertz CT molecular complexity index is 1060. The second-order valence-electron chi connectivity index (χ2n) is 9.55. The van der Waals surface area contributed by atoms with Gasteiger partial charge in [0, 0.05) is 36.7 Å². The second kappa shape index (κ2) is 8.01. The van der Waals surface area contributed by atoms with Crippen molar-refractivity contribution in [1.29, 1.82) is 5.26 Å². The lowest BCUT2D eigenvalue weighted by Crippen LogP contribution is -2.67. The molecule has 3 aliphatic rings. The SMILES string of the molecule is COc1ccc(C)cc1OC1CC(C(=O)NC2CC3(C2)CN(c2cc(C#N)ccn2)C3)C1. The van der Waals surface area contributed by atoms with Crippen LogP contribution in [0.5, 0.6) is 11.5 Å². The molecule has 1 aromatic heterocycles. The van der Waals surface area contributed by atoms with Crippen LogP contribution >= 0.6 is 0 Å². The largest absolute Gasteiger partial charge is 0.493 e. The molecule has 1 aromatic carbocycles. The first-order valence-electron chi connectivity index (χ1n) is 11.2. The maximum Gasteiger partial charge on any atom is 0.223 e. The molecular formula is C25H28N4O3. The van der Waals surface area contributed by atoms with E-state index in [1.165, 1.54) is 0 Å². The fourth-order valence-electron chi connectivity index (χ4n) is 5.18. The van der Waals surface area contributed by atoms with E-state index in [0.29, 0.717) is 5.56 Å². The van der Waals surface area contributed by atoms with E-state index in [1.54, 1.807) is 19.4 Å². The van der Waals surface area contributed by atoms with Crippen molar-refractivity contribution in [2.24, 2.45) is 11.3 Å². The van der Waals surface area contributed by atoms with Crippen LogP contribution in [0.25, 0.3) is 0 Å². The minimum Gasteiger partial charge on any atom is -0.493 e. The summed E-state index contributed by atoms with van der Waals surface area (Å²) in [6, 6.07) is 11.9. The molecule has 166 valence electrons. The van der Waals surface area contributed by atoms with Crippen LogP contribution in [0.15, 0.2) is 36.5 Å². The van der Waals surface area contributed by atoms with Gasteiger partial charge in [-0.25, -0.2) is 4.98 Å². The maximum absolute atomic E-state index is 12.6. The number of methoxy groups -OCH3 is 1. The number of nitriles is 1. The number of hydrogen-bond acceptors (Lipinski definition) is 6. The molecule has 1 aliphatic heterocycles. The Kier molecular flexibility index (Phi) is 5.16. The maximum atomic E-state index is 12.6. The third-order valence-corrected chi connectivity index (χ3v) is 7.03. The van der Waals surface area contributed by atoms with E-state index in [-0.39, 0.29) is 29.4 Å². The molecule has 2 aliphatic carbocycles. The molecule has 3 fully saturated rings. The molecule has 5 rings (SSSR count). The number of amides is 1. The lowest BCUT2D eigenvalue weighted by Gasteiger charge is -2.59. The van der Waals surface area contributed by atoms with Crippen LogP contribution in [0.2, 0.25) is 0 Å². The molecule has 2 aromatic rings. The van der Waals surface area contributed by atoms with Crippen molar-refractivity contribution in [2.45, 2.75) is 44.8 Å². The summed E-state index contributed by atoms with van der Waals surface area (Å²) in [5.41, 5.74) is 2.05. The van der Waals surface area contributed by atoms with Gasteiger partial charge in [0.25, 0.3) is 0 Å². The highest BCUT2D eigenvalue weighted by molar-refractivity contribution is 5.80. The molecule has 2 saturated carbocycles. The smallest absolute Gasteiger partial charge is 0.223 e. The molecule has 1 N–H and O–H groups in total. The van der Waals surface area contributed by atoms with E-state index in [0.717, 1.165) is 61.7 Å². The number of pyridine rings is 1. The number of anilines is 1. The highest BCUT2D eigenvalue weighted by Gasteiger charge is 2.53. The lowest BCUT2D eigenvalue weighted by molar-refractivity contribution is -0.133. The van der Waals surface area contributed by atoms with E-state index >= 15 is 0 Å².